The molecule has 1 aromatic heterocycles. The molecule has 150 valence electrons. The average molecular weight is 413 g/mol. The molecule has 0 bridgehead atoms. The molecule has 2 aliphatic rings. The van der Waals surface area contributed by atoms with Crippen molar-refractivity contribution in [2.75, 3.05) is 25.5 Å². The fourth-order valence-electron chi connectivity index (χ4n) is 3.75. The maximum absolute atomic E-state index is 6.44. The molecule has 1 saturated heterocycles. The Balaban J connectivity index is 1.53. The molecule has 2 aromatic carbocycles. The molecule has 1 N–H and O–H groups in total. The van der Waals surface area contributed by atoms with E-state index < -0.39 is 0 Å². The second-order valence-corrected chi connectivity index (χ2v) is 7.78. The van der Waals surface area contributed by atoms with E-state index in [4.69, 9.17) is 26.1 Å². The molecule has 7 nitrogen and oxygen atoms in total. The van der Waals surface area contributed by atoms with Crippen molar-refractivity contribution >= 4 is 34.0 Å². The van der Waals surface area contributed by atoms with Crippen LogP contribution in [0.1, 0.15) is 18.4 Å². The highest BCUT2D eigenvalue weighted by molar-refractivity contribution is 6.33. The van der Waals surface area contributed by atoms with Crippen LogP contribution in [0.25, 0.3) is 10.9 Å². The van der Waals surface area contributed by atoms with Gasteiger partial charge in [-0.05, 0) is 38.1 Å². The quantitative estimate of drug-likeness (QED) is 0.640. The zero-order chi connectivity index (χ0) is 19.8. The van der Waals surface area contributed by atoms with E-state index in [1.165, 1.54) is 6.33 Å². The monoisotopic (exact) mass is 412 g/mol. The lowest BCUT2D eigenvalue weighted by Crippen LogP contribution is -2.35. The van der Waals surface area contributed by atoms with E-state index in [9.17, 15) is 0 Å². The predicted octanol–water partition coefficient (Wildman–Crippen LogP) is 4.32. The number of hydrogen-bond donors (Lipinski definition) is 1. The third kappa shape index (κ3) is 3.57. The van der Waals surface area contributed by atoms with Crippen molar-refractivity contribution in [3.63, 3.8) is 0 Å². The lowest BCUT2D eigenvalue weighted by Gasteiger charge is -2.29. The van der Waals surface area contributed by atoms with Gasteiger partial charge in [-0.25, -0.2) is 9.97 Å². The Hall–Kier alpha value is -2.61. The zero-order valence-corrected chi connectivity index (χ0v) is 16.8. The summed E-state index contributed by atoms with van der Waals surface area (Å²) in [7, 11) is 2.14. The molecule has 1 fully saturated rings. The van der Waals surface area contributed by atoms with Gasteiger partial charge in [-0.1, -0.05) is 23.7 Å². The molecule has 3 aromatic rings. The topological polar surface area (TPSA) is 68.7 Å². The number of fused-ring (bicyclic) bond motifs is 2. The van der Waals surface area contributed by atoms with Gasteiger partial charge in [-0.15, -0.1) is 0 Å². The number of benzene rings is 2. The van der Waals surface area contributed by atoms with E-state index in [-0.39, 0.29) is 6.10 Å². The number of hydrogen-bond acceptors (Lipinski definition) is 7. The summed E-state index contributed by atoms with van der Waals surface area (Å²) in [6, 6.07) is 9.57. The maximum atomic E-state index is 6.44. The largest absolute Gasteiger partial charge is 0.489 e. The summed E-state index contributed by atoms with van der Waals surface area (Å²) in [5, 5.41) is 4.67. The minimum absolute atomic E-state index is 0.172. The number of halogens is 1. The van der Waals surface area contributed by atoms with E-state index >= 15 is 0 Å². The molecule has 29 heavy (non-hydrogen) atoms. The van der Waals surface area contributed by atoms with Gasteiger partial charge in [0.1, 0.15) is 36.3 Å². The first-order valence-electron chi connectivity index (χ1n) is 9.66. The normalized spacial score (nSPS) is 17.2. The molecule has 0 saturated carbocycles. The van der Waals surface area contributed by atoms with Crippen molar-refractivity contribution < 1.29 is 14.5 Å². The van der Waals surface area contributed by atoms with E-state index in [0.717, 1.165) is 48.1 Å². The standard InChI is InChI=1S/C21H21ClN4O3/c1-26-9-7-14(8-10-26)28-17-4-2-3-16-18(17)21(24-12-23-16)25-19-15(22)6-5-13-11-27-29-20(13)19/h2-6,12,14H,7-11H2,1H3,(H,23,24,25). The summed E-state index contributed by atoms with van der Waals surface area (Å²) in [6.45, 7) is 2.44. The molecule has 0 unspecified atom stereocenters. The highest BCUT2D eigenvalue weighted by Crippen LogP contribution is 2.42. The van der Waals surface area contributed by atoms with Crippen molar-refractivity contribution in [1.29, 1.82) is 0 Å². The molecule has 3 heterocycles. The van der Waals surface area contributed by atoms with Gasteiger partial charge in [-0.2, -0.15) is 4.89 Å². The Morgan fingerprint density at radius 1 is 1.17 bits per heavy atom. The molecule has 0 radical (unpaired) electrons. The Bertz CT molecular complexity index is 1050. The number of likely N-dealkylation sites (tertiary alicyclic amines) is 1. The summed E-state index contributed by atoms with van der Waals surface area (Å²) in [6.07, 6.45) is 3.68. The zero-order valence-electron chi connectivity index (χ0n) is 16.0. The highest BCUT2D eigenvalue weighted by atomic mass is 35.5. The van der Waals surface area contributed by atoms with Crippen LogP contribution in [0.5, 0.6) is 11.5 Å². The van der Waals surface area contributed by atoms with Gasteiger partial charge < -0.3 is 19.8 Å². The van der Waals surface area contributed by atoms with E-state index in [2.05, 4.69) is 27.2 Å². The molecule has 0 amide bonds. The van der Waals surface area contributed by atoms with Gasteiger partial charge in [0.15, 0.2) is 5.75 Å². The van der Waals surface area contributed by atoms with Crippen LogP contribution in [0.4, 0.5) is 11.5 Å². The lowest BCUT2D eigenvalue weighted by atomic mass is 10.1. The second-order valence-electron chi connectivity index (χ2n) is 7.37. The SMILES string of the molecule is CN1CCC(Oc2cccc3ncnc(Nc4c(Cl)ccc5c4OOC5)c23)CC1. The first-order chi connectivity index (χ1) is 14.2. The highest BCUT2D eigenvalue weighted by Gasteiger charge is 2.24. The number of rotatable bonds is 4. The van der Waals surface area contributed by atoms with Gasteiger partial charge in [0.05, 0.1) is 15.9 Å². The molecule has 0 aliphatic carbocycles. The first-order valence-corrected chi connectivity index (χ1v) is 10.0. The Kier molecular flexibility index (Phi) is 4.87. The summed E-state index contributed by atoms with van der Waals surface area (Å²) < 4.78 is 6.38. The summed E-state index contributed by atoms with van der Waals surface area (Å²) in [4.78, 5) is 21.6. The fraction of sp³-hybridized carbons (Fsp3) is 0.333. The van der Waals surface area contributed by atoms with Crippen LogP contribution >= 0.6 is 11.6 Å². The first kappa shape index (κ1) is 18.4. The number of ether oxygens (including phenoxy) is 1. The Morgan fingerprint density at radius 3 is 2.90 bits per heavy atom. The molecule has 0 spiro atoms. The molecule has 5 rings (SSSR count). The van der Waals surface area contributed by atoms with Crippen molar-refractivity contribution in [2.24, 2.45) is 0 Å². The number of piperidine rings is 1. The van der Waals surface area contributed by atoms with E-state index in [1.54, 1.807) is 0 Å². The maximum Gasteiger partial charge on any atom is 0.196 e. The van der Waals surface area contributed by atoms with Crippen molar-refractivity contribution in [3.8, 4) is 11.5 Å². The van der Waals surface area contributed by atoms with Gasteiger partial charge in [0.2, 0.25) is 0 Å². The molecular weight excluding hydrogens is 392 g/mol. The minimum atomic E-state index is 0.172. The fourth-order valence-corrected chi connectivity index (χ4v) is 3.95. The van der Waals surface area contributed by atoms with Crippen LogP contribution in [0.15, 0.2) is 36.7 Å². The smallest absolute Gasteiger partial charge is 0.196 e. The van der Waals surface area contributed by atoms with E-state index in [0.29, 0.717) is 28.9 Å². The third-order valence-corrected chi connectivity index (χ3v) is 5.69. The van der Waals surface area contributed by atoms with Gasteiger partial charge >= 0.3 is 0 Å². The molecular formula is C21H21ClN4O3. The van der Waals surface area contributed by atoms with Gasteiger partial charge in [0, 0.05) is 18.7 Å². The average Bonchev–Trinajstić information content (AvgIpc) is 3.21. The minimum Gasteiger partial charge on any atom is -0.489 e. The number of nitrogens with zero attached hydrogens (tertiary/aromatic N) is 3. The van der Waals surface area contributed by atoms with Crippen molar-refractivity contribution in [1.82, 2.24) is 14.9 Å². The van der Waals surface area contributed by atoms with Crippen LogP contribution in [0.3, 0.4) is 0 Å². The Morgan fingerprint density at radius 2 is 2.03 bits per heavy atom. The summed E-state index contributed by atoms with van der Waals surface area (Å²) in [5.74, 6) is 1.96. The third-order valence-electron chi connectivity index (χ3n) is 5.37. The number of aromatic nitrogens is 2. The molecule has 8 heteroatoms. The van der Waals surface area contributed by atoms with Crippen LogP contribution in [0, 0.1) is 0 Å². The Labute approximate surface area is 173 Å². The van der Waals surface area contributed by atoms with Crippen LogP contribution in [-0.2, 0) is 11.5 Å². The second kappa shape index (κ2) is 7.67. The van der Waals surface area contributed by atoms with Crippen molar-refractivity contribution in [2.45, 2.75) is 25.6 Å². The number of nitrogens with one attached hydrogen (secondary N) is 1. The number of anilines is 2. The lowest BCUT2D eigenvalue weighted by molar-refractivity contribution is -0.194. The molecule has 2 aliphatic heterocycles. The van der Waals surface area contributed by atoms with Crippen LogP contribution in [-0.4, -0.2) is 41.1 Å². The summed E-state index contributed by atoms with van der Waals surface area (Å²) in [5.41, 5.74) is 2.35. The van der Waals surface area contributed by atoms with Gasteiger partial charge in [-0.3, -0.25) is 0 Å². The summed E-state index contributed by atoms with van der Waals surface area (Å²) >= 11 is 6.44. The predicted molar refractivity (Wildman–Crippen MR) is 111 cm³/mol. The molecule has 0 atom stereocenters. The van der Waals surface area contributed by atoms with E-state index in [1.807, 2.05) is 30.3 Å². The van der Waals surface area contributed by atoms with Crippen molar-refractivity contribution in [3.05, 3.63) is 47.2 Å². The van der Waals surface area contributed by atoms with Gasteiger partial charge in [0.25, 0.3) is 0 Å². The van der Waals surface area contributed by atoms with Crippen LogP contribution < -0.4 is 14.9 Å². The van der Waals surface area contributed by atoms with Crippen LogP contribution in [0.2, 0.25) is 5.02 Å².